The van der Waals surface area contributed by atoms with Crippen LogP contribution in [0, 0.1) is 40.4 Å². The predicted molar refractivity (Wildman–Crippen MR) is 90.0 cm³/mol. The van der Waals surface area contributed by atoms with E-state index in [4.69, 9.17) is 0 Å². The van der Waals surface area contributed by atoms with E-state index in [1.807, 2.05) is 0 Å². The molecule has 0 aromatic rings. The number of hydrogen-bond donors (Lipinski definition) is 0. The molecule has 1 unspecified atom stereocenters. The van der Waals surface area contributed by atoms with Gasteiger partial charge in [0, 0.05) is 0 Å². The topological polar surface area (TPSA) is 0 Å². The molecule has 0 saturated heterocycles. The molecule has 0 heterocycles. The molecule has 7 atom stereocenters. The Balaban J connectivity index is 1.68. The Morgan fingerprint density at radius 3 is 2.48 bits per heavy atom. The maximum Gasteiger partial charge on any atom is -0.0166 e. The summed E-state index contributed by atoms with van der Waals surface area (Å²) < 4.78 is 0. The monoisotopic (exact) mass is 286 g/mol. The van der Waals surface area contributed by atoms with E-state index in [1.165, 1.54) is 57.8 Å². The Morgan fingerprint density at radius 2 is 1.67 bits per heavy atom. The maximum atomic E-state index is 2.71. The first-order valence-corrected chi connectivity index (χ1v) is 9.78. The fourth-order valence-corrected chi connectivity index (χ4v) is 7.44. The molecule has 3 fully saturated rings. The van der Waals surface area contributed by atoms with Crippen molar-refractivity contribution >= 4 is 0 Å². The zero-order valence-corrected chi connectivity index (χ0v) is 14.4. The predicted octanol–water partition coefficient (Wildman–Crippen LogP) is 6.22. The van der Waals surface area contributed by atoms with Gasteiger partial charge in [0.1, 0.15) is 0 Å². The molecule has 118 valence electrons. The van der Waals surface area contributed by atoms with Crippen molar-refractivity contribution in [1.29, 1.82) is 0 Å². The summed E-state index contributed by atoms with van der Waals surface area (Å²) in [5.74, 6) is 4.83. The largest absolute Gasteiger partial charge is 0.0846 e. The van der Waals surface area contributed by atoms with Crippen molar-refractivity contribution in [1.82, 2.24) is 0 Å². The second kappa shape index (κ2) is 4.87. The third-order valence-electron chi connectivity index (χ3n) is 8.76. The smallest absolute Gasteiger partial charge is 0.0166 e. The van der Waals surface area contributed by atoms with Crippen molar-refractivity contribution in [3.05, 3.63) is 12.2 Å². The fourth-order valence-electron chi connectivity index (χ4n) is 7.44. The molecule has 0 heteroatoms. The third-order valence-corrected chi connectivity index (χ3v) is 8.76. The van der Waals surface area contributed by atoms with Crippen LogP contribution in [0.1, 0.15) is 78.6 Å². The molecule has 0 amide bonds. The van der Waals surface area contributed by atoms with Crippen LogP contribution in [0.5, 0.6) is 0 Å². The first-order valence-electron chi connectivity index (χ1n) is 9.78. The van der Waals surface area contributed by atoms with Gasteiger partial charge in [-0.25, -0.2) is 0 Å². The Labute approximate surface area is 131 Å². The number of hydrogen-bond acceptors (Lipinski definition) is 0. The second-order valence-electron chi connectivity index (χ2n) is 9.26. The van der Waals surface area contributed by atoms with Crippen LogP contribution in [0.3, 0.4) is 0 Å². The van der Waals surface area contributed by atoms with Crippen molar-refractivity contribution in [3.8, 4) is 0 Å². The van der Waals surface area contributed by atoms with Crippen molar-refractivity contribution in [3.63, 3.8) is 0 Å². The second-order valence-corrected chi connectivity index (χ2v) is 9.26. The Kier molecular flexibility index (Phi) is 3.32. The van der Waals surface area contributed by atoms with Crippen LogP contribution in [0.2, 0.25) is 0 Å². The summed E-state index contributed by atoms with van der Waals surface area (Å²) in [6.45, 7) is 7.74. The van der Waals surface area contributed by atoms with E-state index < -0.39 is 0 Å². The van der Waals surface area contributed by atoms with Gasteiger partial charge < -0.3 is 0 Å². The van der Waals surface area contributed by atoms with Crippen molar-refractivity contribution in [2.24, 2.45) is 40.4 Å². The van der Waals surface area contributed by atoms with Gasteiger partial charge in [-0.3, -0.25) is 0 Å². The van der Waals surface area contributed by atoms with Gasteiger partial charge in [-0.05, 0) is 78.9 Å². The van der Waals surface area contributed by atoms with Gasteiger partial charge in [0.2, 0.25) is 0 Å². The van der Waals surface area contributed by atoms with E-state index in [2.05, 4.69) is 32.9 Å². The first kappa shape index (κ1) is 14.3. The zero-order valence-electron chi connectivity index (χ0n) is 14.4. The van der Waals surface area contributed by atoms with Gasteiger partial charge in [-0.1, -0.05) is 52.2 Å². The van der Waals surface area contributed by atoms with Gasteiger partial charge in [0.05, 0.1) is 0 Å². The summed E-state index contributed by atoms with van der Waals surface area (Å²) >= 11 is 0. The van der Waals surface area contributed by atoms with E-state index in [-0.39, 0.29) is 0 Å². The molecule has 4 aliphatic rings. The summed E-state index contributed by atoms with van der Waals surface area (Å²) in [5, 5.41) is 0. The Bertz CT molecular complexity index is 435. The minimum absolute atomic E-state index is 0.642. The number of allylic oxidation sites excluding steroid dienone is 2. The van der Waals surface area contributed by atoms with Gasteiger partial charge in [0.25, 0.3) is 0 Å². The molecular formula is C21H34. The highest BCUT2D eigenvalue weighted by molar-refractivity contribution is 5.17. The van der Waals surface area contributed by atoms with Gasteiger partial charge in [-0.2, -0.15) is 0 Å². The molecular weight excluding hydrogens is 252 g/mol. The lowest BCUT2D eigenvalue weighted by molar-refractivity contribution is -0.0584. The summed E-state index contributed by atoms with van der Waals surface area (Å²) in [5.41, 5.74) is 1.31. The van der Waals surface area contributed by atoms with Gasteiger partial charge >= 0.3 is 0 Å². The van der Waals surface area contributed by atoms with Crippen LogP contribution in [-0.2, 0) is 0 Å². The summed E-state index contributed by atoms with van der Waals surface area (Å²) in [7, 11) is 0. The molecule has 4 aliphatic carbocycles. The van der Waals surface area contributed by atoms with Crippen LogP contribution in [0.4, 0.5) is 0 Å². The minimum Gasteiger partial charge on any atom is -0.0846 e. The van der Waals surface area contributed by atoms with Crippen LogP contribution < -0.4 is 0 Å². The molecule has 21 heavy (non-hydrogen) atoms. The average Bonchev–Trinajstić information content (AvgIpc) is 2.83. The standard InChI is InChI=1S/C21H34/c1-4-15-9-11-18-17-10-8-16-7-5-6-13-20(16,2)19(17)12-14-21(15,18)3/h8,10,15-19H,4-7,9,11-14H2,1-3H3/t15-,16?,17-,18-,19-,20-,21+/m0/s1. The van der Waals surface area contributed by atoms with Crippen LogP contribution in [0.15, 0.2) is 12.2 Å². The number of rotatable bonds is 1. The third kappa shape index (κ3) is 1.86. The average molecular weight is 287 g/mol. The van der Waals surface area contributed by atoms with Gasteiger partial charge in [0.15, 0.2) is 0 Å². The van der Waals surface area contributed by atoms with E-state index in [1.54, 1.807) is 0 Å². The lowest BCUT2D eigenvalue weighted by Crippen LogP contribution is -2.50. The van der Waals surface area contributed by atoms with Crippen molar-refractivity contribution in [2.45, 2.75) is 78.6 Å². The number of fused-ring (bicyclic) bond motifs is 5. The summed E-state index contributed by atoms with van der Waals surface area (Å²) in [6.07, 6.45) is 18.8. The SMILES string of the molecule is CC[C@H]1CC[C@H]2[C@@H]3C=CC4CCCC[C@]4(C)[C@H]3CC[C@]12C. The Hall–Kier alpha value is -0.260. The fraction of sp³-hybridized carbons (Fsp3) is 0.905. The lowest BCUT2D eigenvalue weighted by Gasteiger charge is -2.58. The molecule has 4 rings (SSSR count). The molecule has 0 aromatic carbocycles. The van der Waals surface area contributed by atoms with E-state index in [9.17, 15) is 0 Å². The van der Waals surface area contributed by atoms with Crippen LogP contribution in [-0.4, -0.2) is 0 Å². The zero-order chi connectivity index (χ0) is 14.7. The van der Waals surface area contributed by atoms with E-state index >= 15 is 0 Å². The summed E-state index contributed by atoms with van der Waals surface area (Å²) in [6, 6.07) is 0. The molecule has 0 nitrogen and oxygen atoms in total. The molecule has 0 aromatic heterocycles. The Morgan fingerprint density at radius 1 is 0.857 bits per heavy atom. The van der Waals surface area contributed by atoms with Crippen molar-refractivity contribution in [2.75, 3.05) is 0 Å². The minimum atomic E-state index is 0.642. The molecule has 0 bridgehead atoms. The molecule has 0 N–H and O–H groups in total. The first-order chi connectivity index (χ1) is 10.1. The van der Waals surface area contributed by atoms with E-state index in [0.29, 0.717) is 10.8 Å². The molecule has 0 spiro atoms. The summed E-state index contributed by atoms with van der Waals surface area (Å²) in [4.78, 5) is 0. The van der Waals surface area contributed by atoms with E-state index in [0.717, 1.165) is 29.6 Å². The lowest BCUT2D eigenvalue weighted by atomic mass is 9.47. The highest BCUT2D eigenvalue weighted by Crippen LogP contribution is 2.66. The normalized spacial score (nSPS) is 55.7. The highest BCUT2D eigenvalue weighted by atomic mass is 14.6. The van der Waals surface area contributed by atoms with Crippen LogP contribution >= 0.6 is 0 Å². The quantitative estimate of drug-likeness (QED) is 0.502. The molecule has 3 saturated carbocycles. The maximum absolute atomic E-state index is 2.71. The highest BCUT2D eigenvalue weighted by Gasteiger charge is 2.57. The van der Waals surface area contributed by atoms with Crippen LogP contribution in [0.25, 0.3) is 0 Å². The van der Waals surface area contributed by atoms with Gasteiger partial charge in [-0.15, -0.1) is 0 Å². The molecule has 0 radical (unpaired) electrons. The van der Waals surface area contributed by atoms with Crippen molar-refractivity contribution < 1.29 is 0 Å². The molecule has 0 aliphatic heterocycles.